The fourth-order valence-electron chi connectivity index (χ4n) is 3.28. The lowest BCUT2D eigenvalue weighted by Gasteiger charge is -2.19. The van der Waals surface area contributed by atoms with E-state index >= 15 is 0 Å². The van der Waals surface area contributed by atoms with Crippen LogP contribution >= 0.6 is 0 Å². The van der Waals surface area contributed by atoms with Gasteiger partial charge in [0, 0.05) is 19.0 Å². The number of aliphatic hydroxyl groups is 1. The average Bonchev–Trinajstić information content (AvgIpc) is 3.30. The lowest BCUT2D eigenvalue weighted by Crippen LogP contribution is -2.34. The van der Waals surface area contributed by atoms with Gasteiger partial charge in [0.25, 0.3) is 0 Å². The monoisotopic (exact) mass is 456 g/mol. The standard InChI is InChI=1S/C27H44N4O2/c1-25(22-32)30-26(33)18-14-12-10-8-6-4-5-7-9-11-13-15-19-27(2,3)20-16-17-21-31-24-28-23-29-31/h4-5,8-11,15,19,23-25,32H,6-7,12-14,16-18,20-22H2,1-3H3,(H,30,33)/t25-/m1/s1. The summed E-state index contributed by atoms with van der Waals surface area (Å²) in [5.41, 5.74) is 0.226. The van der Waals surface area contributed by atoms with Crippen LogP contribution in [-0.2, 0) is 11.3 Å². The molecule has 1 rings (SSSR count). The van der Waals surface area contributed by atoms with Crippen molar-refractivity contribution in [2.24, 2.45) is 5.41 Å². The number of aryl methyl sites for hydroxylation is 1. The Labute approximate surface area is 200 Å². The Morgan fingerprint density at radius 2 is 1.70 bits per heavy atom. The van der Waals surface area contributed by atoms with Gasteiger partial charge in [-0.2, -0.15) is 5.10 Å². The van der Waals surface area contributed by atoms with E-state index in [0.29, 0.717) is 6.42 Å². The number of carbonyl (C=O) groups is 1. The molecule has 1 atom stereocenters. The molecule has 1 aromatic heterocycles. The van der Waals surface area contributed by atoms with E-state index in [4.69, 9.17) is 5.11 Å². The van der Waals surface area contributed by atoms with E-state index < -0.39 is 0 Å². The minimum Gasteiger partial charge on any atom is -0.394 e. The normalized spacial score (nSPS) is 13.7. The number of hydrogen-bond donors (Lipinski definition) is 2. The molecule has 0 saturated carbocycles. The molecule has 1 heterocycles. The van der Waals surface area contributed by atoms with E-state index in [9.17, 15) is 4.79 Å². The summed E-state index contributed by atoms with van der Waals surface area (Å²) in [7, 11) is 0. The van der Waals surface area contributed by atoms with Crippen LogP contribution in [0.25, 0.3) is 0 Å². The summed E-state index contributed by atoms with van der Waals surface area (Å²) >= 11 is 0. The number of nitrogens with zero attached hydrogens (tertiary/aromatic N) is 3. The van der Waals surface area contributed by atoms with E-state index in [2.05, 4.69) is 77.9 Å². The molecule has 0 fully saturated rings. The molecule has 0 aliphatic carbocycles. The molecule has 0 bridgehead atoms. The molecule has 6 heteroatoms. The van der Waals surface area contributed by atoms with Gasteiger partial charge in [0.15, 0.2) is 0 Å². The smallest absolute Gasteiger partial charge is 0.220 e. The number of nitrogens with one attached hydrogen (secondary N) is 1. The van der Waals surface area contributed by atoms with Crippen molar-refractivity contribution in [3.8, 4) is 0 Å². The fourth-order valence-corrected chi connectivity index (χ4v) is 3.28. The SMILES string of the molecule is C[C@H](CO)NC(=O)CCCC=CCC=CCC=CCC=CC(C)(C)CCCCn1cncn1. The van der Waals surface area contributed by atoms with E-state index in [-0.39, 0.29) is 24.0 Å². The van der Waals surface area contributed by atoms with Crippen molar-refractivity contribution in [2.75, 3.05) is 6.61 Å². The Morgan fingerprint density at radius 1 is 1.03 bits per heavy atom. The lowest BCUT2D eigenvalue weighted by molar-refractivity contribution is -0.122. The first-order valence-corrected chi connectivity index (χ1v) is 12.3. The van der Waals surface area contributed by atoms with Gasteiger partial charge < -0.3 is 10.4 Å². The summed E-state index contributed by atoms with van der Waals surface area (Å²) in [4.78, 5) is 15.6. The molecular formula is C27H44N4O2. The molecule has 1 aromatic rings. The number of amides is 1. The Hall–Kier alpha value is -2.47. The summed E-state index contributed by atoms with van der Waals surface area (Å²) in [5, 5.41) is 15.8. The highest BCUT2D eigenvalue weighted by molar-refractivity contribution is 5.76. The third-order valence-electron chi connectivity index (χ3n) is 5.27. The van der Waals surface area contributed by atoms with Crippen LogP contribution < -0.4 is 5.32 Å². The molecule has 184 valence electrons. The number of unbranched alkanes of at least 4 members (excludes halogenated alkanes) is 2. The number of aliphatic hydroxyl groups excluding tert-OH is 1. The maximum Gasteiger partial charge on any atom is 0.220 e. The van der Waals surface area contributed by atoms with Crippen LogP contribution in [0.5, 0.6) is 0 Å². The molecular weight excluding hydrogens is 412 g/mol. The Morgan fingerprint density at radius 3 is 2.33 bits per heavy atom. The number of carbonyl (C=O) groups excluding carboxylic acids is 1. The quantitative estimate of drug-likeness (QED) is 0.225. The van der Waals surface area contributed by atoms with Gasteiger partial charge in [0.2, 0.25) is 5.91 Å². The number of hydrogen-bond acceptors (Lipinski definition) is 4. The maximum absolute atomic E-state index is 11.6. The van der Waals surface area contributed by atoms with Gasteiger partial charge in [-0.3, -0.25) is 9.48 Å². The zero-order chi connectivity index (χ0) is 24.2. The van der Waals surface area contributed by atoms with Gasteiger partial charge in [-0.25, -0.2) is 4.98 Å². The molecule has 0 unspecified atom stereocenters. The van der Waals surface area contributed by atoms with Crippen LogP contribution in [0.15, 0.2) is 61.3 Å². The van der Waals surface area contributed by atoms with Gasteiger partial charge in [-0.05, 0) is 57.3 Å². The summed E-state index contributed by atoms with van der Waals surface area (Å²) in [6.07, 6.45) is 29.6. The first kappa shape index (κ1) is 28.6. The highest BCUT2D eigenvalue weighted by atomic mass is 16.3. The van der Waals surface area contributed by atoms with Gasteiger partial charge in [-0.1, -0.05) is 68.9 Å². The Bertz CT molecular complexity index is 733. The maximum atomic E-state index is 11.6. The number of rotatable bonds is 18. The largest absolute Gasteiger partial charge is 0.394 e. The molecule has 2 N–H and O–H groups in total. The van der Waals surface area contributed by atoms with Crippen LogP contribution in [-0.4, -0.2) is 38.4 Å². The van der Waals surface area contributed by atoms with E-state index in [1.54, 1.807) is 19.6 Å². The Balaban J connectivity index is 2.02. The molecule has 0 aliphatic rings. The van der Waals surface area contributed by atoms with E-state index in [1.165, 1.54) is 12.8 Å². The second-order valence-corrected chi connectivity index (χ2v) is 9.17. The van der Waals surface area contributed by atoms with Gasteiger partial charge in [-0.15, -0.1) is 0 Å². The molecule has 33 heavy (non-hydrogen) atoms. The highest BCUT2D eigenvalue weighted by Crippen LogP contribution is 2.25. The zero-order valence-electron chi connectivity index (χ0n) is 20.8. The summed E-state index contributed by atoms with van der Waals surface area (Å²) < 4.78 is 1.89. The topological polar surface area (TPSA) is 80.0 Å². The van der Waals surface area contributed by atoms with Crippen molar-refractivity contribution in [3.63, 3.8) is 0 Å². The van der Waals surface area contributed by atoms with Crippen molar-refractivity contribution in [1.29, 1.82) is 0 Å². The van der Waals surface area contributed by atoms with Crippen molar-refractivity contribution >= 4 is 5.91 Å². The van der Waals surface area contributed by atoms with Crippen molar-refractivity contribution < 1.29 is 9.90 Å². The molecule has 0 radical (unpaired) electrons. The molecule has 0 aromatic carbocycles. The summed E-state index contributed by atoms with van der Waals surface area (Å²) in [6, 6.07) is -0.165. The minimum absolute atomic E-state index is 0.00872. The Kier molecular flexibility index (Phi) is 15.6. The molecule has 0 spiro atoms. The van der Waals surface area contributed by atoms with Crippen molar-refractivity contribution in [1.82, 2.24) is 20.1 Å². The van der Waals surface area contributed by atoms with Gasteiger partial charge in [0.1, 0.15) is 12.7 Å². The highest BCUT2D eigenvalue weighted by Gasteiger charge is 2.12. The van der Waals surface area contributed by atoms with Crippen LogP contribution in [0.2, 0.25) is 0 Å². The second-order valence-electron chi connectivity index (χ2n) is 9.17. The lowest BCUT2D eigenvalue weighted by atomic mass is 9.86. The second kappa shape index (κ2) is 18.0. The first-order chi connectivity index (χ1) is 15.9. The fraction of sp³-hybridized carbons (Fsp3) is 0.593. The van der Waals surface area contributed by atoms with E-state index in [0.717, 1.165) is 45.1 Å². The van der Waals surface area contributed by atoms with Gasteiger partial charge in [0.05, 0.1) is 6.61 Å². The predicted molar refractivity (Wildman–Crippen MR) is 137 cm³/mol. The summed E-state index contributed by atoms with van der Waals surface area (Å²) in [6.45, 7) is 7.31. The first-order valence-electron chi connectivity index (χ1n) is 12.3. The molecule has 1 amide bonds. The molecule has 6 nitrogen and oxygen atoms in total. The third kappa shape index (κ3) is 16.8. The van der Waals surface area contributed by atoms with Crippen LogP contribution in [0.3, 0.4) is 0 Å². The third-order valence-corrected chi connectivity index (χ3v) is 5.27. The predicted octanol–water partition coefficient (Wildman–Crippen LogP) is 5.54. The van der Waals surface area contributed by atoms with Crippen LogP contribution in [0.4, 0.5) is 0 Å². The van der Waals surface area contributed by atoms with Crippen LogP contribution in [0.1, 0.15) is 78.6 Å². The number of aromatic nitrogens is 3. The van der Waals surface area contributed by atoms with Crippen molar-refractivity contribution in [3.05, 3.63) is 61.3 Å². The summed E-state index contributed by atoms with van der Waals surface area (Å²) in [5.74, 6) is 0.00872. The molecule has 0 saturated heterocycles. The van der Waals surface area contributed by atoms with Crippen LogP contribution in [0, 0.1) is 5.41 Å². The average molecular weight is 457 g/mol. The molecule has 0 aliphatic heterocycles. The number of allylic oxidation sites excluding steroid dienone is 8. The van der Waals surface area contributed by atoms with E-state index in [1.807, 2.05) is 4.68 Å². The van der Waals surface area contributed by atoms with Gasteiger partial charge >= 0.3 is 0 Å². The zero-order valence-corrected chi connectivity index (χ0v) is 20.8. The van der Waals surface area contributed by atoms with Crippen molar-refractivity contribution in [2.45, 2.75) is 91.1 Å². The minimum atomic E-state index is -0.165.